The number of amides is 2. The van der Waals surface area contributed by atoms with Gasteiger partial charge >= 0.3 is 6.09 Å². The zero-order chi connectivity index (χ0) is 34.5. The standard InChI is InChI=1S/C31H49N7O10/c32-14-22-2-1-3-38(22)26(42)9-25-30(34-29(45)46)10-19-8-20(11-30)13-31(25,12-19)48-7-6-47-5-4-37-17-21(35-36-37)15-33-16-23(40)27(43)28(44)24(41)18-39/h17,19-20,22-25,27-28,33-34,39-41,43-44H,1-13,15-16,18H2,(H,45,46)/t19-,20?,22?,23-,24+,25?,27+,28+,30?,31?/m0/s1. The van der Waals surface area contributed by atoms with Crippen LogP contribution in [0.1, 0.15) is 57.1 Å². The third-order valence-corrected chi connectivity index (χ3v) is 10.7. The monoisotopic (exact) mass is 679 g/mol. The summed E-state index contributed by atoms with van der Waals surface area (Å²) in [5, 5.41) is 81.2. The van der Waals surface area contributed by atoms with Crippen LogP contribution in [0.2, 0.25) is 0 Å². The van der Waals surface area contributed by atoms with Gasteiger partial charge in [-0.05, 0) is 56.8 Å². The van der Waals surface area contributed by atoms with Crippen molar-refractivity contribution in [1.29, 1.82) is 5.26 Å². The van der Waals surface area contributed by atoms with E-state index >= 15 is 0 Å². The molecule has 4 saturated carbocycles. The van der Waals surface area contributed by atoms with Crippen molar-refractivity contribution >= 4 is 12.0 Å². The van der Waals surface area contributed by atoms with Gasteiger partial charge < -0.3 is 55.6 Å². The number of aliphatic hydroxyl groups excluding tert-OH is 5. The van der Waals surface area contributed by atoms with Gasteiger partial charge in [-0.1, -0.05) is 5.21 Å². The Morgan fingerprint density at radius 3 is 2.50 bits per heavy atom. The van der Waals surface area contributed by atoms with Gasteiger partial charge in [-0.25, -0.2) is 9.48 Å². The summed E-state index contributed by atoms with van der Waals surface area (Å²) in [5.41, 5.74) is -0.825. The van der Waals surface area contributed by atoms with Gasteiger partial charge in [0.2, 0.25) is 5.91 Å². The number of nitrogens with one attached hydrogen (secondary N) is 2. The zero-order valence-electron chi connectivity index (χ0n) is 27.1. The number of likely N-dealkylation sites (tertiary alicyclic amines) is 1. The lowest BCUT2D eigenvalue weighted by Gasteiger charge is -2.65. The van der Waals surface area contributed by atoms with Crippen LogP contribution >= 0.6 is 0 Å². The molecule has 6 rings (SSSR count). The molecule has 1 saturated heterocycles. The van der Waals surface area contributed by atoms with Gasteiger partial charge in [-0.3, -0.25) is 4.79 Å². The Kier molecular flexibility index (Phi) is 11.9. The predicted molar refractivity (Wildman–Crippen MR) is 165 cm³/mol. The van der Waals surface area contributed by atoms with Crippen molar-refractivity contribution in [3.8, 4) is 6.07 Å². The molecule has 1 aromatic rings. The summed E-state index contributed by atoms with van der Waals surface area (Å²) in [6.45, 7) is 1.21. The number of carbonyl (C=O) groups is 2. The zero-order valence-corrected chi connectivity index (χ0v) is 27.1. The number of hydrogen-bond acceptors (Lipinski definition) is 13. The number of aliphatic hydroxyl groups is 5. The molecular formula is C31H49N7O10. The third kappa shape index (κ3) is 8.08. The third-order valence-electron chi connectivity index (χ3n) is 10.7. The van der Waals surface area contributed by atoms with Crippen molar-refractivity contribution in [3.63, 3.8) is 0 Å². The number of nitrogens with zero attached hydrogens (tertiary/aromatic N) is 5. The molecule has 5 fully saturated rings. The van der Waals surface area contributed by atoms with Gasteiger partial charge in [0.05, 0.1) is 56.4 Å². The summed E-state index contributed by atoms with van der Waals surface area (Å²) in [5.74, 6) is 0.163. The maximum Gasteiger partial charge on any atom is 0.405 e. The summed E-state index contributed by atoms with van der Waals surface area (Å²) in [6.07, 6.45) is -0.189. The van der Waals surface area contributed by atoms with Gasteiger partial charge in [0, 0.05) is 43.7 Å². The quantitative estimate of drug-likeness (QED) is 0.0808. The van der Waals surface area contributed by atoms with E-state index in [0.717, 1.165) is 25.7 Å². The highest BCUT2D eigenvalue weighted by Crippen LogP contribution is 2.62. The van der Waals surface area contributed by atoms with Crippen LogP contribution in [0.25, 0.3) is 0 Å². The molecule has 2 amide bonds. The Morgan fingerprint density at radius 1 is 1.08 bits per heavy atom. The molecule has 1 aliphatic heterocycles. The molecule has 8 N–H and O–H groups in total. The number of carboxylic acid groups (broad SMARTS) is 1. The Morgan fingerprint density at radius 2 is 1.81 bits per heavy atom. The fourth-order valence-electron chi connectivity index (χ4n) is 8.81. The van der Waals surface area contributed by atoms with E-state index in [4.69, 9.17) is 14.6 Å². The first-order valence-corrected chi connectivity index (χ1v) is 16.8. The van der Waals surface area contributed by atoms with Crippen molar-refractivity contribution in [2.24, 2.45) is 17.8 Å². The van der Waals surface area contributed by atoms with E-state index in [1.807, 2.05) is 0 Å². The molecule has 0 radical (unpaired) electrons. The highest BCUT2D eigenvalue weighted by atomic mass is 16.5. The fraction of sp³-hybridized carbons (Fsp3) is 0.839. The van der Waals surface area contributed by atoms with Gasteiger partial charge in [0.15, 0.2) is 0 Å². The molecule has 48 heavy (non-hydrogen) atoms. The van der Waals surface area contributed by atoms with E-state index in [1.54, 1.807) is 15.8 Å². The van der Waals surface area contributed by atoms with Crippen LogP contribution < -0.4 is 10.6 Å². The summed E-state index contributed by atoms with van der Waals surface area (Å²) < 4.78 is 14.1. The topological polar surface area (TPSA) is 256 Å². The lowest BCUT2D eigenvalue weighted by Crippen LogP contribution is -2.72. The molecule has 10 atom stereocenters. The van der Waals surface area contributed by atoms with Crippen molar-refractivity contribution in [2.75, 3.05) is 39.5 Å². The van der Waals surface area contributed by atoms with E-state index in [2.05, 4.69) is 27.0 Å². The molecule has 0 spiro atoms. The van der Waals surface area contributed by atoms with Crippen LogP contribution in [0.4, 0.5) is 4.79 Å². The first kappa shape index (κ1) is 36.3. The summed E-state index contributed by atoms with van der Waals surface area (Å²) in [4.78, 5) is 27.2. The first-order chi connectivity index (χ1) is 23.0. The second kappa shape index (κ2) is 15.7. The highest BCUT2D eigenvalue weighted by molar-refractivity contribution is 5.78. The number of hydrogen-bond donors (Lipinski definition) is 8. The predicted octanol–water partition coefficient (Wildman–Crippen LogP) is -1.67. The van der Waals surface area contributed by atoms with Crippen LogP contribution in [0, 0.1) is 29.1 Å². The van der Waals surface area contributed by atoms with Crippen LogP contribution in [-0.2, 0) is 27.4 Å². The molecule has 17 heteroatoms. The molecular weight excluding hydrogens is 630 g/mol. The fourth-order valence-corrected chi connectivity index (χ4v) is 8.81. The Bertz CT molecular complexity index is 1280. The van der Waals surface area contributed by atoms with Crippen molar-refractivity contribution in [3.05, 3.63) is 11.9 Å². The van der Waals surface area contributed by atoms with Crippen molar-refractivity contribution in [2.45, 2.75) is 106 Å². The number of aromatic nitrogens is 3. The lowest BCUT2D eigenvalue weighted by atomic mass is 9.45. The molecule has 4 aliphatic carbocycles. The summed E-state index contributed by atoms with van der Waals surface area (Å²) >= 11 is 0. The second-order valence-corrected chi connectivity index (χ2v) is 13.9. The molecule has 4 bridgehead atoms. The molecule has 2 heterocycles. The normalized spacial score (nSPS) is 31.7. The van der Waals surface area contributed by atoms with Crippen LogP contribution in [0.3, 0.4) is 0 Å². The van der Waals surface area contributed by atoms with Crippen LogP contribution in [0.15, 0.2) is 6.20 Å². The van der Waals surface area contributed by atoms with Crippen molar-refractivity contribution < 1.29 is 49.7 Å². The van der Waals surface area contributed by atoms with Crippen LogP contribution in [0.5, 0.6) is 0 Å². The largest absolute Gasteiger partial charge is 0.465 e. The minimum atomic E-state index is -1.69. The van der Waals surface area contributed by atoms with Gasteiger partial charge in [-0.15, -0.1) is 5.10 Å². The number of rotatable bonds is 18. The van der Waals surface area contributed by atoms with Gasteiger partial charge in [0.1, 0.15) is 24.4 Å². The smallest absolute Gasteiger partial charge is 0.405 e. The maximum atomic E-state index is 13.6. The van der Waals surface area contributed by atoms with E-state index in [1.165, 1.54) is 0 Å². The second-order valence-electron chi connectivity index (χ2n) is 13.9. The van der Waals surface area contributed by atoms with Gasteiger partial charge in [0.25, 0.3) is 0 Å². The SMILES string of the molecule is N#CC1CCCN1C(=O)CC1C2(NC(=O)O)CC3C[C@@H](C2)CC1(OCCOCCn1cc(CNC[C@H](O)[C@@H](O)[C@H](O)[C@H](O)CO)nn1)C3. The minimum Gasteiger partial charge on any atom is -0.465 e. The Labute approximate surface area is 278 Å². The number of nitriles is 1. The van der Waals surface area contributed by atoms with E-state index in [9.17, 15) is 40.4 Å². The summed E-state index contributed by atoms with van der Waals surface area (Å²) in [7, 11) is 0. The van der Waals surface area contributed by atoms with E-state index in [0.29, 0.717) is 63.1 Å². The minimum absolute atomic E-state index is 0.101. The Balaban J connectivity index is 1.09. The molecule has 5 aliphatic rings. The summed E-state index contributed by atoms with van der Waals surface area (Å²) in [6, 6.07) is 1.79. The average Bonchev–Trinajstić information content (AvgIpc) is 3.72. The molecule has 17 nitrogen and oxygen atoms in total. The molecule has 268 valence electrons. The van der Waals surface area contributed by atoms with E-state index in [-0.39, 0.29) is 37.9 Å². The lowest BCUT2D eigenvalue weighted by molar-refractivity contribution is -0.222. The Hall–Kier alpha value is -2.95. The van der Waals surface area contributed by atoms with Gasteiger partial charge in [-0.2, -0.15) is 5.26 Å². The van der Waals surface area contributed by atoms with Crippen LogP contribution in [-0.4, -0.2) is 144 Å². The molecule has 0 aromatic carbocycles. The highest BCUT2D eigenvalue weighted by Gasteiger charge is 2.65. The molecule has 1 aromatic heterocycles. The number of carbonyl (C=O) groups excluding carboxylic acids is 1. The van der Waals surface area contributed by atoms with Crippen molar-refractivity contribution in [1.82, 2.24) is 30.5 Å². The maximum absolute atomic E-state index is 13.6. The number of ether oxygens (including phenoxy) is 2. The average molecular weight is 680 g/mol. The first-order valence-electron chi connectivity index (χ1n) is 16.8. The molecule has 5 unspecified atom stereocenters. The van der Waals surface area contributed by atoms with E-state index < -0.39 is 54.3 Å².